The van der Waals surface area contributed by atoms with Gasteiger partial charge in [-0.3, -0.25) is 5.43 Å². The third kappa shape index (κ3) is 4.70. The fraction of sp³-hybridized carbons (Fsp3) is 0.125. The van der Waals surface area contributed by atoms with Crippen molar-refractivity contribution in [3.05, 3.63) is 90.0 Å². The van der Waals surface area contributed by atoms with Crippen LogP contribution in [0.2, 0.25) is 0 Å². The van der Waals surface area contributed by atoms with E-state index < -0.39 is 5.97 Å². The van der Waals surface area contributed by atoms with Crippen molar-refractivity contribution in [3.8, 4) is 0 Å². The zero-order valence-corrected chi connectivity index (χ0v) is 17.5. The largest absolute Gasteiger partial charge is 0.478 e. The van der Waals surface area contributed by atoms with Crippen LogP contribution in [0.15, 0.2) is 94.2 Å². The fourth-order valence-electron chi connectivity index (χ4n) is 3.23. The molecular weight excluding hydrogens is 404 g/mol. The smallest absolute Gasteiger partial charge is 0.337 e. The van der Waals surface area contributed by atoms with E-state index in [0.717, 1.165) is 16.6 Å². The van der Waals surface area contributed by atoms with E-state index in [-0.39, 0.29) is 5.56 Å². The van der Waals surface area contributed by atoms with Crippen molar-refractivity contribution in [1.29, 1.82) is 0 Å². The molecule has 3 aromatic carbocycles. The number of azo groups is 1. The number of carboxylic acids is 1. The van der Waals surface area contributed by atoms with Crippen molar-refractivity contribution in [3.63, 3.8) is 0 Å². The second-order valence-electron chi connectivity index (χ2n) is 7.02. The number of hydrogen-bond acceptors (Lipinski definition) is 5. The molecule has 1 aromatic heterocycles. The minimum Gasteiger partial charge on any atom is -0.478 e. The van der Waals surface area contributed by atoms with E-state index >= 15 is 0 Å². The topological polar surface area (TPSA) is 104 Å². The molecular formula is C24H22N6O2. The average molecular weight is 426 g/mol. The van der Waals surface area contributed by atoms with Gasteiger partial charge in [0.25, 0.3) is 5.95 Å². The third-order valence-electron chi connectivity index (χ3n) is 4.85. The Labute approximate surface area is 185 Å². The molecule has 0 bridgehead atoms. The molecule has 32 heavy (non-hydrogen) atoms. The lowest BCUT2D eigenvalue weighted by molar-refractivity contribution is 0.0698. The molecule has 0 aliphatic heterocycles. The van der Waals surface area contributed by atoms with Crippen molar-refractivity contribution in [2.75, 3.05) is 5.43 Å². The standard InChI is InChI=1S/C24H22N6O2/c1-2-22(27-26-19-13-7-6-12-18(19)23(31)32)28-29-24-25-20-14-8-9-15-21(20)30(24)16-17-10-4-3-5-11-17/h3-15,26H,2,16H2,1H3,(H,31,32). The van der Waals surface area contributed by atoms with Gasteiger partial charge in [0, 0.05) is 6.42 Å². The quantitative estimate of drug-likeness (QED) is 0.171. The zero-order valence-electron chi connectivity index (χ0n) is 17.5. The molecule has 0 fully saturated rings. The summed E-state index contributed by atoms with van der Waals surface area (Å²) in [6, 6.07) is 24.5. The number of aromatic nitrogens is 2. The molecule has 0 radical (unpaired) electrons. The number of benzene rings is 3. The lowest BCUT2D eigenvalue weighted by Gasteiger charge is -2.07. The van der Waals surface area contributed by atoms with Crippen LogP contribution >= 0.6 is 0 Å². The first-order valence-electron chi connectivity index (χ1n) is 10.2. The van der Waals surface area contributed by atoms with Crippen LogP contribution in [0.25, 0.3) is 11.0 Å². The average Bonchev–Trinajstić information content (AvgIpc) is 3.17. The number of carboxylic acid groups (broad SMARTS) is 1. The predicted molar refractivity (Wildman–Crippen MR) is 125 cm³/mol. The van der Waals surface area contributed by atoms with Crippen LogP contribution < -0.4 is 5.43 Å². The number of imidazole rings is 1. The van der Waals surface area contributed by atoms with Gasteiger partial charge in [0.05, 0.1) is 28.8 Å². The van der Waals surface area contributed by atoms with Gasteiger partial charge >= 0.3 is 5.97 Å². The predicted octanol–water partition coefficient (Wildman–Crippen LogP) is 5.70. The summed E-state index contributed by atoms with van der Waals surface area (Å²) >= 11 is 0. The van der Waals surface area contributed by atoms with Gasteiger partial charge in [-0.1, -0.05) is 61.5 Å². The number of hydrazone groups is 1. The van der Waals surface area contributed by atoms with E-state index in [2.05, 4.69) is 37.9 Å². The Balaban J connectivity index is 1.63. The van der Waals surface area contributed by atoms with Crippen molar-refractivity contribution < 1.29 is 9.90 Å². The highest BCUT2D eigenvalue weighted by Crippen LogP contribution is 2.23. The van der Waals surface area contributed by atoms with Gasteiger partial charge in [-0.25, -0.2) is 9.78 Å². The van der Waals surface area contributed by atoms with Crippen molar-refractivity contribution in [1.82, 2.24) is 9.55 Å². The summed E-state index contributed by atoms with van der Waals surface area (Å²) in [5.41, 5.74) is 6.24. The number of rotatable bonds is 7. The molecule has 0 atom stereocenters. The van der Waals surface area contributed by atoms with Gasteiger partial charge in [-0.05, 0) is 29.8 Å². The molecule has 0 amide bonds. The molecule has 0 spiro atoms. The summed E-state index contributed by atoms with van der Waals surface area (Å²) in [4.78, 5) is 16.0. The maximum absolute atomic E-state index is 11.4. The highest BCUT2D eigenvalue weighted by atomic mass is 16.4. The van der Waals surface area contributed by atoms with Gasteiger partial charge in [-0.15, -0.1) is 10.2 Å². The van der Waals surface area contributed by atoms with Crippen molar-refractivity contribution in [2.24, 2.45) is 15.3 Å². The lowest BCUT2D eigenvalue weighted by Crippen LogP contribution is -2.04. The SMILES string of the molecule is CCC(N=Nc1nc2ccccc2n1Cc1ccccc1)=NNc1ccccc1C(=O)O. The van der Waals surface area contributed by atoms with Crippen LogP contribution in [-0.4, -0.2) is 26.5 Å². The first-order valence-corrected chi connectivity index (χ1v) is 10.2. The van der Waals surface area contributed by atoms with Crippen LogP contribution in [0.5, 0.6) is 0 Å². The van der Waals surface area contributed by atoms with Crippen LogP contribution in [0.3, 0.4) is 0 Å². The maximum atomic E-state index is 11.4. The number of amidine groups is 1. The summed E-state index contributed by atoms with van der Waals surface area (Å²) in [7, 11) is 0. The number of aromatic carboxylic acids is 1. The molecule has 0 saturated heterocycles. The van der Waals surface area contributed by atoms with Crippen LogP contribution in [0, 0.1) is 0 Å². The molecule has 4 aromatic rings. The van der Waals surface area contributed by atoms with Crippen molar-refractivity contribution in [2.45, 2.75) is 19.9 Å². The monoisotopic (exact) mass is 426 g/mol. The normalized spacial score (nSPS) is 11.8. The van der Waals surface area contributed by atoms with E-state index in [1.54, 1.807) is 18.2 Å². The molecule has 0 aliphatic rings. The number of anilines is 1. The van der Waals surface area contributed by atoms with Crippen molar-refractivity contribution >= 4 is 34.5 Å². The molecule has 4 rings (SSSR count). The summed E-state index contributed by atoms with van der Waals surface area (Å²) in [5.74, 6) is -0.136. The van der Waals surface area contributed by atoms with E-state index in [9.17, 15) is 9.90 Å². The molecule has 2 N–H and O–H groups in total. The number of carbonyl (C=O) groups is 1. The molecule has 1 heterocycles. The summed E-state index contributed by atoms with van der Waals surface area (Å²) in [6.45, 7) is 2.51. The number of para-hydroxylation sites is 3. The molecule has 0 saturated carbocycles. The molecule has 160 valence electrons. The Morgan fingerprint density at radius 2 is 1.72 bits per heavy atom. The zero-order chi connectivity index (χ0) is 22.3. The number of nitrogens with zero attached hydrogens (tertiary/aromatic N) is 5. The molecule has 0 aliphatic carbocycles. The maximum Gasteiger partial charge on any atom is 0.337 e. The van der Waals surface area contributed by atoms with E-state index in [1.165, 1.54) is 6.07 Å². The minimum atomic E-state index is -1.03. The first-order chi connectivity index (χ1) is 15.7. The van der Waals surface area contributed by atoms with Gasteiger partial charge in [0.1, 0.15) is 0 Å². The first kappa shape index (κ1) is 20.9. The van der Waals surface area contributed by atoms with Gasteiger partial charge in [-0.2, -0.15) is 5.10 Å². The Morgan fingerprint density at radius 3 is 2.50 bits per heavy atom. The number of fused-ring (bicyclic) bond motifs is 1. The van der Waals surface area contributed by atoms with Gasteiger partial charge in [0.2, 0.25) is 0 Å². The van der Waals surface area contributed by atoms with Gasteiger partial charge in [0.15, 0.2) is 5.84 Å². The summed E-state index contributed by atoms with van der Waals surface area (Å²) in [6.07, 6.45) is 0.505. The molecule has 0 unspecified atom stereocenters. The summed E-state index contributed by atoms with van der Waals surface area (Å²) in [5, 5.41) is 22.2. The third-order valence-corrected chi connectivity index (χ3v) is 4.85. The second-order valence-corrected chi connectivity index (χ2v) is 7.02. The number of nitrogens with one attached hydrogen (secondary N) is 1. The fourth-order valence-corrected chi connectivity index (χ4v) is 3.23. The number of hydrogen-bond donors (Lipinski definition) is 2. The van der Waals surface area contributed by atoms with E-state index in [4.69, 9.17) is 0 Å². The molecule has 8 heteroatoms. The van der Waals surface area contributed by atoms with E-state index in [0.29, 0.717) is 30.4 Å². The minimum absolute atomic E-state index is 0.133. The summed E-state index contributed by atoms with van der Waals surface area (Å²) < 4.78 is 2.01. The van der Waals surface area contributed by atoms with Crippen LogP contribution in [0.4, 0.5) is 11.6 Å². The van der Waals surface area contributed by atoms with Crippen LogP contribution in [0.1, 0.15) is 29.3 Å². The Morgan fingerprint density at radius 1 is 1.00 bits per heavy atom. The molecule has 8 nitrogen and oxygen atoms in total. The highest BCUT2D eigenvalue weighted by Gasteiger charge is 2.11. The highest BCUT2D eigenvalue weighted by molar-refractivity contribution is 5.94. The lowest BCUT2D eigenvalue weighted by atomic mass is 10.2. The Kier molecular flexibility index (Phi) is 6.31. The van der Waals surface area contributed by atoms with Gasteiger partial charge < -0.3 is 9.67 Å². The Hall–Kier alpha value is -4.33. The second kappa shape index (κ2) is 9.65. The Bertz CT molecular complexity index is 1290. The van der Waals surface area contributed by atoms with Crippen LogP contribution in [-0.2, 0) is 6.54 Å². The van der Waals surface area contributed by atoms with E-state index in [1.807, 2.05) is 54.0 Å².